The Balaban J connectivity index is 1.60. The van der Waals surface area contributed by atoms with Crippen LogP contribution in [0.4, 0.5) is 5.69 Å². The molecule has 0 saturated heterocycles. The van der Waals surface area contributed by atoms with E-state index in [2.05, 4.69) is 15.5 Å². The number of carbonyl (C=O) groups is 1. The topological polar surface area (TPSA) is 86.5 Å². The molecule has 4 aromatic rings. The van der Waals surface area contributed by atoms with Crippen LogP contribution in [0.5, 0.6) is 17.2 Å². The van der Waals surface area contributed by atoms with E-state index in [0.29, 0.717) is 51.8 Å². The molecule has 0 spiro atoms. The Morgan fingerprint density at radius 2 is 1.80 bits per heavy atom. The van der Waals surface area contributed by atoms with Crippen molar-refractivity contribution < 1.29 is 18.8 Å². The number of hydrogen-bond acceptors (Lipinski definition) is 6. The fourth-order valence-corrected chi connectivity index (χ4v) is 3.14. The molecule has 0 fully saturated rings. The summed E-state index contributed by atoms with van der Waals surface area (Å²) in [6, 6.07) is 16.3. The summed E-state index contributed by atoms with van der Waals surface area (Å²) in [4.78, 5) is 17.4. The summed E-state index contributed by atoms with van der Waals surface area (Å²) >= 11 is 0. The third-order valence-electron chi connectivity index (χ3n) is 4.49. The normalized spacial score (nSPS) is 10.8. The number of fused-ring (bicyclic) bond motifs is 1. The zero-order valence-corrected chi connectivity index (χ0v) is 16.9. The van der Waals surface area contributed by atoms with Crippen LogP contribution in [0.15, 0.2) is 59.1 Å². The van der Waals surface area contributed by atoms with Crippen molar-refractivity contribution in [1.29, 1.82) is 0 Å². The maximum atomic E-state index is 13.1. The van der Waals surface area contributed by atoms with E-state index in [1.807, 2.05) is 43.3 Å². The number of aromatic nitrogens is 2. The summed E-state index contributed by atoms with van der Waals surface area (Å²) in [6.07, 6.45) is 0. The number of para-hydroxylation sites is 2. The van der Waals surface area contributed by atoms with Gasteiger partial charge in [-0.2, -0.15) is 0 Å². The highest BCUT2D eigenvalue weighted by molar-refractivity contribution is 6.12. The summed E-state index contributed by atoms with van der Waals surface area (Å²) < 4.78 is 16.7. The maximum Gasteiger partial charge on any atom is 0.258 e. The fourth-order valence-electron chi connectivity index (χ4n) is 3.14. The first-order valence-electron chi connectivity index (χ1n) is 9.60. The first kappa shape index (κ1) is 19.4. The van der Waals surface area contributed by atoms with Crippen LogP contribution in [0.3, 0.4) is 0 Å². The van der Waals surface area contributed by atoms with Crippen molar-refractivity contribution in [3.8, 4) is 17.2 Å². The molecule has 1 N–H and O–H groups in total. The smallest absolute Gasteiger partial charge is 0.258 e. The van der Waals surface area contributed by atoms with E-state index in [1.54, 1.807) is 32.0 Å². The number of aryl methyl sites for hydroxylation is 2. The zero-order chi connectivity index (χ0) is 21.1. The van der Waals surface area contributed by atoms with Gasteiger partial charge in [-0.15, -0.1) is 0 Å². The van der Waals surface area contributed by atoms with Gasteiger partial charge in [0.2, 0.25) is 0 Å². The van der Waals surface area contributed by atoms with E-state index >= 15 is 0 Å². The van der Waals surface area contributed by atoms with Crippen LogP contribution >= 0.6 is 0 Å². The summed E-state index contributed by atoms with van der Waals surface area (Å²) in [5.74, 6) is 1.64. The lowest BCUT2D eigenvalue weighted by molar-refractivity contribution is 0.102. The number of anilines is 1. The number of pyridine rings is 1. The van der Waals surface area contributed by atoms with E-state index in [0.717, 1.165) is 5.75 Å². The number of amides is 1. The number of ether oxygens (including phenoxy) is 2. The molecule has 7 nitrogen and oxygen atoms in total. The van der Waals surface area contributed by atoms with Gasteiger partial charge in [0.15, 0.2) is 5.75 Å². The standard InChI is InChI=1S/C23H21N3O4/c1-4-28-16-9-11-17(12-10-16)29-20-8-6-5-7-19(20)25-22(27)18-13-14(2)24-23-21(18)15(3)26-30-23/h5-13H,4H2,1-3H3,(H,25,27). The molecule has 152 valence electrons. The Hall–Kier alpha value is -3.87. The number of nitrogens with one attached hydrogen (secondary N) is 1. The van der Waals surface area contributed by atoms with E-state index in [1.165, 1.54) is 0 Å². The minimum Gasteiger partial charge on any atom is -0.494 e. The predicted molar refractivity (Wildman–Crippen MR) is 113 cm³/mol. The third kappa shape index (κ3) is 3.96. The Bertz CT molecular complexity index is 1200. The zero-order valence-electron chi connectivity index (χ0n) is 16.9. The molecule has 0 aliphatic heterocycles. The van der Waals surface area contributed by atoms with Gasteiger partial charge in [-0.1, -0.05) is 17.3 Å². The Morgan fingerprint density at radius 1 is 1.07 bits per heavy atom. The number of rotatable bonds is 6. The molecule has 2 aromatic carbocycles. The number of benzene rings is 2. The predicted octanol–water partition coefficient (Wildman–Crippen LogP) is 5.28. The Morgan fingerprint density at radius 3 is 2.57 bits per heavy atom. The highest BCUT2D eigenvalue weighted by Gasteiger charge is 2.19. The minimum atomic E-state index is -0.292. The van der Waals surface area contributed by atoms with Gasteiger partial charge in [0.05, 0.1) is 28.9 Å². The van der Waals surface area contributed by atoms with Crippen molar-refractivity contribution >= 4 is 22.7 Å². The Kier molecular flexibility index (Phi) is 5.34. The van der Waals surface area contributed by atoms with Crippen molar-refractivity contribution in [2.24, 2.45) is 0 Å². The van der Waals surface area contributed by atoms with Crippen LogP contribution < -0.4 is 14.8 Å². The first-order valence-corrected chi connectivity index (χ1v) is 9.60. The molecule has 0 bridgehead atoms. The van der Waals surface area contributed by atoms with Gasteiger partial charge in [0, 0.05) is 5.69 Å². The SMILES string of the molecule is CCOc1ccc(Oc2ccccc2NC(=O)c2cc(C)nc3onc(C)c23)cc1. The Labute approximate surface area is 173 Å². The molecule has 0 aliphatic carbocycles. The van der Waals surface area contributed by atoms with Crippen molar-refractivity contribution in [3.05, 3.63) is 71.5 Å². The molecular formula is C23H21N3O4. The minimum absolute atomic E-state index is 0.292. The summed E-state index contributed by atoms with van der Waals surface area (Å²) in [7, 11) is 0. The van der Waals surface area contributed by atoms with Crippen LogP contribution in [-0.2, 0) is 0 Å². The molecule has 1 amide bonds. The van der Waals surface area contributed by atoms with Crippen molar-refractivity contribution in [3.63, 3.8) is 0 Å². The number of hydrogen-bond donors (Lipinski definition) is 1. The summed E-state index contributed by atoms with van der Waals surface area (Å²) in [5, 5.41) is 7.46. The van der Waals surface area contributed by atoms with Crippen molar-refractivity contribution in [2.45, 2.75) is 20.8 Å². The largest absolute Gasteiger partial charge is 0.494 e. The second-order valence-electron chi connectivity index (χ2n) is 6.72. The van der Waals surface area contributed by atoms with Crippen LogP contribution in [-0.4, -0.2) is 22.7 Å². The monoisotopic (exact) mass is 403 g/mol. The van der Waals surface area contributed by atoms with Gasteiger partial charge in [0.1, 0.15) is 11.5 Å². The molecular weight excluding hydrogens is 382 g/mol. The molecule has 4 rings (SSSR count). The van der Waals surface area contributed by atoms with Crippen molar-refractivity contribution in [2.75, 3.05) is 11.9 Å². The maximum absolute atomic E-state index is 13.1. The molecule has 0 saturated carbocycles. The van der Waals surface area contributed by atoms with Crippen LogP contribution in [0, 0.1) is 13.8 Å². The molecule has 0 aliphatic rings. The average Bonchev–Trinajstić information content (AvgIpc) is 3.11. The van der Waals surface area contributed by atoms with Crippen molar-refractivity contribution in [1.82, 2.24) is 10.1 Å². The molecule has 2 heterocycles. The number of nitrogens with zero attached hydrogens (tertiary/aromatic N) is 2. The first-order chi connectivity index (χ1) is 14.5. The van der Waals surface area contributed by atoms with E-state index in [9.17, 15) is 4.79 Å². The average molecular weight is 403 g/mol. The molecule has 2 aromatic heterocycles. The summed E-state index contributed by atoms with van der Waals surface area (Å²) in [5.41, 5.74) is 2.63. The lowest BCUT2D eigenvalue weighted by atomic mass is 10.1. The molecule has 0 radical (unpaired) electrons. The van der Waals surface area contributed by atoms with Gasteiger partial charge < -0.3 is 19.3 Å². The highest BCUT2D eigenvalue weighted by atomic mass is 16.5. The second kappa shape index (κ2) is 8.24. The van der Waals surface area contributed by atoms with E-state index < -0.39 is 0 Å². The highest BCUT2D eigenvalue weighted by Crippen LogP contribution is 2.31. The van der Waals surface area contributed by atoms with Gasteiger partial charge in [-0.05, 0) is 63.2 Å². The van der Waals surface area contributed by atoms with Gasteiger partial charge in [-0.25, -0.2) is 4.98 Å². The fraction of sp³-hybridized carbons (Fsp3) is 0.174. The van der Waals surface area contributed by atoms with Crippen LogP contribution in [0.25, 0.3) is 11.1 Å². The molecule has 30 heavy (non-hydrogen) atoms. The second-order valence-corrected chi connectivity index (χ2v) is 6.72. The van der Waals surface area contributed by atoms with Gasteiger partial charge >= 0.3 is 0 Å². The van der Waals surface area contributed by atoms with E-state index in [-0.39, 0.29) is 5.91 Å². The van der Waals surface area contributed by atoms with E-state index in [4.69, 9.17) is 14.0 Å². The molecule has 0 unspecified atom stereocenters. The van der Waals surface area contributed by atoms with Crippen LogP contribution in [0.1, 0.15) is 28.7 Å². The third-order valence-corrected chi connectivity index (χ3v) is 4.49. The molecule has 7 heteroatoms. The van der Waals surface area contributed by atoms with Crippen LogP contribution in [0.2, 0.25) is 0 Å². The van der Waals surface area contributed by atoms with Gasteiger partial charge in [0.25, 0.3) is 11.6 Å². The van der Waals surface area contributed by atoms with Gasteiger partial charge in [-0.3, -0.25) is 4.79 Å². The molecule has 0 atom stereocenters. The number of carbonyl (C=O) groups excluding carboxylic acids is 1. The lowest BCUT2D eigenvalue weighted by Gasteiger charge is -2.13. The quantitative estimate of drug-likeness (QED) is 0.471. The summed E-state index contributed by atoms with van der Waals surface area (Å²) in [6.45, 7) is 6.12. The lowest BCUT2D eigenvalue weighted by Crippen LogP contribution is -2.13.